The molecule has 2 rings (SSSR count). The fourth-order valence-corrected chi connectivity index (χ4v) is 3.13. The second-order valence-electron chi connectivity index (χ2n) is 5.78. The summed E-state index contributed by atoms with van der Waals surface area (Å²) >= 11 is 0. The molecule has 1 aromatic rings. The van der Waals surface area contributed by atoms with E-state index >= 15 is 0 Å². The van der Waals surface area contributed by atoms with Gasteiger partial charge in [-0.25, -0.2) is 0 Å². The summed E-state index contributed by atoms with van der Waals surface area (Å²) in [5.74, 6) is 0.664. The fourth-order valence-electron chi connectivity index (χ4n) is 3.13. The van der Waals surface area contributed by atoms with Gasteiger partial charge in [0.25, 0.3) is 0 Å². The smallest absolute Gasteiger partial charge is 0.136 e. The van der Waals surface area contributed by atoms with Crippen LogP contribution in [0.5, 0.6) is 5.75 Å². The van der Waals surface area contributed by atoms with Gasteiger partial charge in [0.05, 0.1) is 12.7 Å². The quantitative estimate of drug-likeness (QED) is 0.904. The summed E-state index contributed by atoms with van der Waals surface area (Å²) in [6, 6.07) is 9.02. The Morgan fingerprint density at radius 1 is 1.33 bits per heavy atom. The predicted molar refractivity (Wildman–Crippen MR) is 84.0 cm³/mol. The van der Waals surface area contributed by atoms with Crippen molar-refractivity contribution in [2.24, 2.45) is 5.73 Å². The number of methoxy groups -OCH3 is 1. The van der Waals surface area contributed by atoms with E-state index < -0.39 is 0 Å². The molecule has 1 fully saturated rings. The minimum atomic E-state index is 0.384. The number of ether oxygens (including phenoxy) is 1. The molecular weight excluding hydrogens is 262 g/mol. The highest BCUT2D eigenvalue weighted by atomic mass is 16.5. The number of nitrogens with two attached hydrogens (primary N) is 1. The molecule has 0 radical (unpaired) electrons. The number of benzene rings is 1. The Balaban J connectivity index is 2.06. The fraction of sp³-hybridized carbons (Fsp3) is 0.588. The van der Waals surface area contributed by atoms with Gasteiger partial charge in [0, 0.05) is 18.6 Å². The molecular formula is C17H25N3O. The normalized spacial score (nSPS) is 22.0. The first-order valence-corrected chi connectivity index (χ1v) is 7.74. The van der Waals surface area contributed by atoms with Crippen LogP contribution in [0.15, 0.2) is 18.2 Å². The zero-order valence-corrected chi connectivity index (χ0v) is 13.0. The molecule has 2 N–H and O–H groups in total. The molecule has 0 aliphatic heterocycles. The predicted octanol–water partition coefficient (Wildman–Crippen LogP) is 2.66. The van der Waals surface area contributed by atoms with Gasteiger partial charge in [0.15, 0.2) is 0 Å². The van der Waals surface area contributed by atoms with E-state index in [0.29, 0.717) is 23.4 Å². The monoisotopic (exact) mass is 287 g/mol. The lowest BCUT2D eigenvalue weighted by Gasteiger charge is -2.35. The maximum absolute atomic E-state index is 9.04. The Hall–Kier alpha value is -1.57. The Labute approximate surface area is 127 Å². The molecule has 0 spiro atoms. The molecule has 21 heavy (non-hydrogen) atoms. The number of hydrogen-bond acceptors (Lipinski definition) is 4. The van der Waals surface area contributed by atoms with E-state index in [4.69, 9.17) is 15.7 Å². The number of nitriles is 1. The SMILES string of the molecule is CCN(Cc1ccc(C#N)c(OC)c1)C1CCC(N)CC1. The third-order valence-corrected chi connectivity index (χ3v) is 4.44. The van der Waals surface area contributed by atoms with E-state index in [1.54, 1.807) is 7.11 Å². The van der Waals surface area contributed by atoms with Crippen molar-refractivity contribution >= 4 is 0 Å². The van der Waals surface area contributed by atoms with E-state index in [9.17, 15) is 0 Å². The highest BCUT2D eigenvalue weighted by Crippen LogP contribution is 2.25. The topological polar surface area (TPSA) is 62.3 Å². The van der Waals surface area contributed by atoms with Gasteiger partial charge in [-0.15, -0.1) is 0 Å². The molecule has 0 aromatic heterocycles. The van der Waals surface area contributed by atoms with Crippen LogP contribution in [0, 0.1) is 11.3 Å². The molecule has 1 aliphatic carbocycles. The highest BCUT2D eigenvalue weighted by Gasteiger charge is 2.23. The number of hydrogen-bond donors (Lipinski definition) is 1. The molecule has 0 bridgehead atoms. The molecule has 4 nitrogen and oxygen atoms in total. The van der Waals surface area contributed by atoms with E-state index in [2.05, 4.69) is 17.9 Å². The summed E-state index contributed by atoms with van der Waals surface area (Å²) in [7, 11) is 1.61. The summed E-state index contributed by atoms with van der Waals surface area (Å²) in [6.45, 7) is 4.14. The van der Waals surface area contributed by atoms with Crippen molar-refractivity contribution in [2.75, 3.05) is 13.7 Å². The number of rotatable bonds is 5. The van der Waals surface area contributed by atoms with Crippen LogP contribution in [0.25, 0.3) is 0 Å². The lowest BCUT2D eigenvalue weighted by Crippen LogP contribution is -2.40. The van der Waals surface area contributed by atoms with E-state index in [1.165, 1.54) is 18.4 Å². The minimum Gasteiger partial charge on any atom is -0.495 e. The van der Waals surface area contributed by atoms with Crippen molar-refractivity contribution in [1.29, 1.82) is 5.26 Å². The molecule has 0 saturated heterocycles. The van der Waals surface area contributed by atoms with Crippen molar-refractivity contribution in [2.45, 2.75) is 51.2 Å². The molecule has 1 aliphatic rings. The Morgan fingerprint density at radius 3 is 2.62 bits per heavy atom. The summed E-state index contributed by atoms with van der Waals surface area (Å²) in [5, 5.41) is 9.04. The van der Waals surface area contributed by atoms with Crippen LogP contribution in [0.2, 0.25) is 0 Å². The Bertz CT molecular complexity index is 501. The number of nitrogens with zero attached hydrogens (tertiary/aromatic N) is 2. The molecule has 4 heteroatoms. The average Bonchev–Trinajstić information content (AvgIpc) is 2.53. The third kappa shape index (κ3) is 3.96. The van der Waals surface area contributed by atoms with Gasteiger partial charge in [-0.05, 0) is 49.9 Å². The Morgan fingerprint density at radius 2 is 2.05 bits per heavy atom. The van der Waals surface area contributed by atoms with Crippen molar-refractivity contribution in [3.8, 4) is 11.8 Å². The zero-order chi connectivity index (χ0) is 15.2. The summed E-state index contributed by atoms with van der Waals surface area (Å²) in [4.78, 5) is 2.51. The van der Waals surface area contributed by atoms with Gasteiger partial charge in [0.2, 0.25) is 0 Å². The van der Waals surface area contributed by atoms with Gasteiger partial charge in [-0.1, -0.05) is 13.0 Å². The first kappa shape index (κ1) is 15.8. The zero-order valence-electron chi connectivity index (χ0n) is 13.0. The minimum absolute atomic E-state index is 0.384. The summed E-state index contributed by atoms with van der Waals surface area (Å²) in [6.07, 6.45) is 4.61. The van der Waals surface area contributed by atoms with Crippen molar-refractivity contribution in [3.63, 3.8) is 0 Å². The summed E-state index contributed by atoms with van der Waals surface area (Å²) < 4.78 is 5.29. The van der Waals surface area contributed by atoms with Crippen LogP contribution in [0.1, 0.15) is 43.7 Å². The molecule has 0 amide bonds. The standard InChI is InChI=1S/C17H25N3O/c1-3-20(16-8-6-15(19)7-9-16)12-13-4-5-14(11-18)17(10-13)21-2/h4-5,10,15-16H,3,6-9,12,19H2,1-2H3. The Kier molecular flexibility index (Phi) is 5.60. The third-order valence-electron chi connectivity index (χ3n) is 4.44. The van der Waals surface area contributed by atoms with Gasteiger partial charge in [0.1, 0.15) is 11.8 Å². The van der Waals surface area contributed by atoms with Crippen LogP contribution in [-0.4, -0.2) is 30.6 Å². The lowest BCUT2D eigenvalue weighted by molar-refractivity contribution is 0.149. The second kappa shape index (κ2) is 7.44. The first-order valence-electron chi connectivity index (χ1n) is 7.74. The lowest BCUT2D eigenvalue weighted by atomic mass is 9.90. The van der Waals surface area contributed by atoms with E-state index in [0.717, 1.165) is 25.9 Å². The van der Waals surface area contributed by atoms with E-state index in [1.807, 2.05) is 18.2 Å². The summed E-state index contributed by atoms with van der Waals surface area (Å²) in [5.41, 5.74) is 7.78. The maximum atomic E-state index is 9.04. The van der Waals surface area contributed by atoms with Gasteiger partial charge in [-0.3, -0.25) is 4.90 Å². The van der Waals surface area contributed by atoms with Crippen LogP contribution in [0.4, 0.5) is 0 Å². The van der Waals surface area contributed by atoms with Crippen LogP contribution in [0.3, 0.4) is 0 Å². The van der Waals surface area contributed by atoms with Crippen molar-refractivity contribution in [3.05, 3.63) is 29.3 Å². The average molecular weight is 287 g/mol. The largest absolute Gasteiger partial charge is 0.495 e. The van der Waals surface area contributed by atoms with Crippen LogP contribution < -0.4 is 10.5 Å². The molecule has 114 valence electrons. The maximum Gasteiger partial charge on any atom is 0.136 e. The van der Waals surface area contributed by atoms with Crippen LogP contribution in [-0.2, 0) is 6.54 Å². The molecule has 0 heterocycles. The van der Waals surface area contributed by atoms with Crippen molar-refractivity contribution < 1.29 is 4.74 Å². The molecule has 1 aromatic carbocycles. The first-order chi connectivity index (χ1) is 10.2. The van der Waals surface area contributed by atoms with Crippen molar-refractivity contribution in [1.82, 2.24) is 4.90 Å². The molecule has 0 atom stereocenters. The molecule has 1 saturated carbocycles. The van der Waals surface area contributed by atoms with Gasteiger partial charge >= 0.3 is 0 Å². The van der Waals surface area contributed by atoms with Crippen LogP contribution >= 0.6 is 0 Å². The molecule has 0 unspecified atom stereocenters. The van der Waals surface area contributed by atoms with Gasteiger partial charge < -0.3 is 10.5 Å². The second-order valence-corrected chi connectivity index (χ2v) is 5.78. The van der Waals surface area contributed by atoms with E-state index in [-0.39, 0.29) is 0 Å². The highest BCUT2D eigenvalue weighted by molar-refractivity contribution is 5.45. The van der Waals surface area contributed by atoms with Gasteiger partial charge in [-0.2, -0.15) is 5.26 Å².